The Kier molecular flexibility index (Phi) is 4.17. The molecular weight excluding hydrogens is 362 g/mol. The second-order valence-corrected chi connectivity index (χ2v) is 9.95. The monoisotopic (exact) mass is 392 g/mol. The van der Waals surface area contributed by atoms with Crippen molar-refractivity contribution in [3.63, 3.8) is 0 Å². The third-order valence-electron chi connectivity index (χ3n) is 7.57. The van der Waals surface area contributed by atoms with Gasteiger partial charge in [0.05, 0.1) is 10.8 Å². The molecular formula is C25H30NOS+. The van der Waals surface area contributed by atoms with E-state index in [4.69, 9.17) is 4.74 Å². The summed E-state index contributed by atoms with van der Waals surface area (Å²) in [5, 5.41) is 1.91. The largest absolute Gasteiger partial charge is 0.479 e. The van der Waals surface area contributed by atoms with Gasteiger partial charge in [0.1, 0.15) is 5.75 Å². The molecule has 0 N–H and O–H groups in total. The van der Waals surface area contributed by atoms with Gasteiger partial charge in [0.15, 0.2) is 17.2 Å². The molecule has 4 atom stereocenters. The standard InChI is InChI=1S/C25H30NOS/c1-5-24(3)25(4,6-2)27-20-16-15-17-11-7-8-12-18(17)22(20)23-26(24)19-13-9-10-14-21(19)28-23/h7,9-11,13-16,19,21H,5-6,8,12H2,1-4H3/q+1. The Morgan fingerprint density at radius 1 is 1.14 bits per heavy atom. The van der Waals surface area contributed by atoms with Crippen molar-refractivity contribution in [3.05, 3.63) is 59.2 Å². The second kappa shape index (κ2) is 6.38. The van der Waals surface area contributed by atoms with Crippen molar-refractivity contribution in [2.45, 2.75) is 75.8 Å². The SMILES string of the molecule is CCC1(C)Oc2ccc3c(c2C2=[N+](C4C=CC=CC4S2)C1(C)CC)CCC=C3. The summed E-state index contributed by atoms with van der Waals surface area (Å²) < 4.78 is 9.67. The van der Waals surface area contributed by atoms with Gasteiger partial charge in [0, 0.05) is 13.3 Å². The summed E-state index contributed by atoms with van der Waals surface area (Å²) in [6, 6.07) is 4.87. The molecule has 1 aromatic rings. The van der Waals surface area contributed by atoms with Gasteiger partial charge in [0.2, 0.25) is 5.04 Å². The zero-order chi connectivity index (χ0) is 19.5. The topological polar surface area (TPSA) is 12.2 Å². The van der Waals surface area contributed by atoms with Gasteiger partial charge in [-0.25, -0.2) is 4.58 Å². The Balaban J connectivity index is 1.84. The average molecular weight is 393 g/mol. The van der Waals surface area contributed by atoms with Gasteiger partial charge in [-0.15, -0.1) is 0 Å². The van der Waals surface area contributed by atoms with E-state index in [2.05, 4.69) is 80.9 Å². The molecule has 0 saturated heterocycles. The predicted molar refractivity (Wildman–Crippen MR) is 120 cm³/mol. The van der Waals surface area contributed by atoms with E-state index in [9.17, 15) is 0 Å². The first-order valence-corrected chi connectivity index (χ1v) is 11.6. The van der Waals surface area contributed by atoms with Crippen LogP contribution in [0.5, 0.6) is 5.75 Å². The molecule has 4 unspecified atom stereocenters. The molecule has 4 aliphatic rings. The summed E-state index contributed by atoms with van der Waals surface area (Å²) in [7, 11) is 0. The quantitative estimate of drug-likeness (QED) is 0.595. The molecule has 0 amide bonds. The fourth-order valence-corrected chi connectivity index (χ4v) is 6.96. The van der Waals surface area contributed by atoms with E-state index >= 15 is 0 Å². The number of hydrogen-bond acceptors (Lipinski definition) is 2. The van der Waals surface area contributed by atoms with Crippen LogP contribution in [-0.4, -0.2) is 32.1 Å². The van der Waals surface area contributed by atoms with Crippen LogP contribution in [0.3, 0.4) is 0 Å². The van der Waals surface area contributed by atoms with Gasteiger partial charge in [-0.1, -0.05) is 50.3 Å². The number of benzene rings is 1. The average Bonchev–Trinajstić information content (AvgIpc) is 3.08. The zero-order valence-electron chi connectivity index (χ0n) is 17.4. The van der Waals surface area contributed by atoms with Crippen molar-refractivity contribution in [2.24, 2.45) is 0 Å². The maximum atomic E-state index is 6.94. The van der Waals surface area contributed by atoms with Gasteiger partial charge >= 0.3 is 0 Å². The number of allylic oxidation sites excluding steroid dienone is 3. The molecule has 3 heteroatoms. The molecule has 2 heterocycles. The Hall–Kier alpha value is -1.74. The fraction of sp³-hybridized carbons (Fsp3) is 0.480. The highest BCUT2D eigenvalue weighted by Gasteiger charge is 2.61. The van der Waals surface area contributed by atoms with Crippen LogP contribution in [-0.2, 0) is 6.42 Å². The number of ether oxygens (including phenoxy) is 1. The van der Waals surface area contributed by atoms with E-state index in [0.717, 1.165) is 31.4 Å². The van der Waals surface area contributed by atoms with Crippen molar-refractivity contribution in [2.75, 3.05) is 0 Å². The predicted octanol–water partition coefficient (Wildman–Crippen LogP) is 5.74. The number of hydrogen-bond donors (Lipinski definition) is 0. The summed E-state index contributed by atoms with van der Waals surface area (Å²) in [5.41, 5.74) is 3.87. The zero-order valence-corrected chi connectivity index (χ0v) is 18.2. The van der Waals surface area contributed by atoms with Crippen LogP contribution in [0.4, 0.5) is 0 Å². The summed E-state index contributed by atoms with van der Waals surface area (Å²) in [6.45, 7) is 9.34. The third kappa shape index (κ3) is 2.32. The van der Waals surface area contributed by atoms with E-state index in [1.54, 1.807) is 0 Å². The lowest BCUT2D eigenvalue weighted by molar-refractivity contribution is -0.639. The van der Waals surface area contributed by atoms with E-state index in [1.165, 1.54) is 21.7 Å². The molecule has 2 aliphatic carbocycles. The van der Waals surface area contributed by atoms with Crippen molar-refractivity contribution >= 4 is 22.9 Å². The maximum Gasteiger partial charge on any atom is 0.248 e. The van der Waals surface area contributed by atoms with Crippen LogP contribution in [0.15, 0.2) is 42.5 Å². The minimum absolute atomic E-state index is 0.0740. The minimum Gasteiger partial charge on any atom is -0.479 e. The number of rotatable bonds is 2. The Morgan fingerprint density at radius 2 is 1.96 bits per heavy atom. The van der Waals surface area contributed by atoms with Crippen LogP contribution in [0, 0.1) is 0 Å². The summed E-state index contributed by atoms with van der Waals surface area (Å²) in [6.07, 6.45) is 18.1. The fourth-order valence-electron chi connectivity index (χ4n) is 5.40. The van der Waals surface area contributed by atoms with Crippen LogP contribution in [0.1, 0.15) is 63.6 Å². The highest BCUT2D eigenvalue weighted by atomic mass is 32.2. The van der Waals surface area contributed by atoms with Crippen molar-refractivity contribution in [1.82, 2.24) is 0 Å². The molecule has 0 saturated carbocycles. The normalized spacial score (nSPS) is 35.0. The molecule has 5 rings (SSSR count). The Bertz CT molecular complexity index is 956. The van der Waals surface area contributed by atoms with Crippen LogP contribution >= 0.6 is 11.8 Å². The lowest BCUT2D eigenvalue weighted by Crippen LogP contribution is -2.61. The smallest absolute Gasteiger partial charge is 0.248 e. The molecule has 0 bridgehead atoms. The van der Waals surface area contributed by atoms with Gasteiger partial charge in [-0.3, -0.25) is 0 Å². The molecule has 0 fully saturated rings. The van der Waals surface area contributed by atoms with E-state index in [-0.39, 0.29) is 11.1 Å². The first kappa shape index (κ1) is 18.3. The summed E-state index contributed by atoms with van der Waals surface area (Å²) in [4.78, 5) is 0. The van der Waals surface area contributed by atoms with E-state index < -0.39 is 0 Å². The van der Waals surface area contributed by atoms with E-state index in [1.807, 2.05) is 11.8 Å². The number of nitrogens with zero attached hydrogens (tertiary/aromatic N) is 1. The lowest BCUT2D eigenvalue weighted by atomic mass is 9.76. The minimum atomic E-state index is -0.249. The van der Waals surface area contributed by atoms with Crippen LogP contribution < -0.4 is 4.74 Å². The molecule has 0 radical (unpaired) electrons. The van der Waals surface area contributed by atoms with Crippen molar-refractivity contribution in [1.29, 1.82) is 0 Å². The molecule has 0 aromatic heterocycles. The van der Waals surface area contributed by atoms with Crippen molar-refractivity contribution in [3.8, 4) is 5.75 Å². The number of fused-ring (bicyclic) bond motifs is 6. The highest BCUT2D eigenvalue weighted by Crippen LogP contribution is 2.49. The van der Waals surface area contributed by atoms with Crippen LogP contribution in [0.25, 0.3) is 6.08 Å². The Labute approximate surface area is 173 Å². The molecule has 2 aliphatic heterocycles. The molecule has 28 heavy (non-hydrogen) atoms. The second-order valence-electron chi connectivity index (χ2n) is 8.78. The highest BCUT2D eigenvalue weighted by molar-refractivity contribution is 8.15. The van der Waals surface area contributed by atoms with Gasteiger partial charge in [-0.2, -0.15) is 0 Å². The first-order valence-electron chi connectivity index (χ1n) is 10.7. The lowest BCUT2D eigenvalue weighted by Gasteiger charge is -2.42. The molecule has 1 aromatic carbocycles. The summed E-state index contributed by atoms with van der Waals surface area (Å²) in [5.74, 6) is 1.08. The summed E-state index contributed by atoms with van der Waals surface area (Å²) >= 11 is 2.04. The molecule has 0 spiro atoms. The maximum absolute atomic E-state index is 6.94. The van der Waals surface area contributed by atoms with Gasteiger partial charge in [0.25, 0.3) is 0 Å². The third-order valence-corrected chi connectivity index (χ3v) is 8.91. The van der Waals surface area contributed by atoms with Crippen LogP contribution in [0.2, 0.25) is 0 Å². The van der Waals surface area contributed by atoms with Crippen molar-refractivity contribution < 1.29 is 9.31 Å². The van der Waals surface area contributed by atoms with E-state index in [0.29, 0.717) is 11.3 Å². The first-order chi connectivity index (χ1) is 13.5. The Morgan fingerprint density at radius 3 is 2.75 bits per heavy atom. The van der Waals surface area contributed by atoms with Gasteiger partial charge < -0.3 is 4.74 Å². The van der Waals surface area contributed by atoms with Gasteiger partial charge in [-0.05, 0) is 61.2 Å². The molecule has 146 valence electrons. The molecule has 2 nitrogen and oxygen atoms in total. The number of thioether (sulfide) groups is 1.